The Hall–Kier alpha value is -0.220. The highest BCUT2D eigenvalue weighted by Crippen LogP contribution is 2.28. The molecule has 0 aromatic rings. The smallest absolute Gasteiger partial charge is 0.234 e. The van der Waals surface area contributed by atoms with E-state index in [-0.39, 0.29) is 5.91 Å². The minimum Gasteiger partial charge on any atom is -0.351 e. The van der Waals surface area contributed by atoms with Gasteiger partial charge in [0, 0.05) is 17.3 Å². The number of thioether (sulfide) groups is 1. The molecule has 0 aliphatic heterocycles. The van der Waals surface area contributed by atoms with E-state index in [9.17, 15) is 4.79 Å². The molecule has 0 aromatic heterocycles. The predicted octanol–water partition coefficient (Wildman–Crippen LogP) is 1.92. The van der Waals surface area contributed by atoms with Crippen molar-refractivity contribution < 1.29 is 4.79 Å². The summed E-state index contributed by atoms with van der Waals surface area (Å²) in [6, 6.07) is 0.989. The van der Waals surface area contributed by atoms with Crippen LogP contribution in [0.3, 0.4) is 0 Å². The van der Waals surface area contributed by atoms with Crippen LogP contribution >= 0.6 is 11.8 Å². The lowest BCUT2D eigenvalue weighted by Crippen LogP contribution is -2.44. The van der Waals surface area contributed by atoms with E-state index in [1.165, 1.54) is 38.5 Å². The van der Waals surface area contributed by atoms with E-state index in [4.69, 9.17) is 0 Å². The van der Waals surface area contributed by atoms with Crippen molar-refractivity contribution in [2.45, 2.75) is 62.3 Å². The summed E-state index contributed by atoms with van der Waals surface area (Å²) in [4.78, 5) is 11.8. The molecule has 3 nitrogen and oxygen atoms in total. The fourth-order valence-electron chi connectivity index (χ4n) is 3.00. The zero-order chi connectivity index (χ0) is 12.1. The summed E-state index contributed by atoms with van der Waals surface area (Å²) in [6.07, 6.45) is 10.9. The third-order valence-corrected chi connectivity index (χ3v) is 5.18. The number of amides is 1. The molecule has 2 saturated carbocycles. The van der Waals surface area contributed by atoms with Gasteiger partial charge in [-0.25, -0.2) is 0 Å². The molecule has 0 radical (unpaired) electrons. The molecule has 2 aliphatic rings. The Labute approximate surface area is 108 Å². The van der Waals surface area contributed by atoms with Crippen molar-refractivity contribution in [3.05, 3.63) is 0 Å². The molecule has 1 amide bonds. The SMILES string of the molecule is CSC1CCCC1NC(=O)CNC1CCCC1. The number of hydrogen-bond donors (Lipinski definition) is 2. The van der Waals surface area contributed by atoms with Gasteiger partial charge < -0.3 is 10.6 Å². The van der Waals surface area contributed by atoms with Crippen LogP contribution in [0.15, 0.2) is 0 Å². The lowest BCUT2D eigenvalue weighted by molar-refractivity contribution is -0.121. The van der Waals surface area contributed by atoms with Crippen molar-refractivity contribution in [2.24, 2.45) is 0 Å². The molecule has 17 heavy (non-hydrogen) atoms. The highest BCUT2D eigenvalue weighted by Gasteiger charge is 2.27. The molecule has 98 valence electrons. The Bertz CT molecular complexity index is 254. The molecule has 2 N–H and O–H groups in total. The Morgan fingerprint density at radius 1 is 1.18 bits per heavy atom. The van der Waals surface area contributed by atoms with Crippen LogP contribution in [0.2, 0.25) is 0 Å². The van der Waals surface area contributed by atoms with Crippen molar-refractivity contribution in [2.75, 3.05) is 12.8 Å². The highest BCUT2D eigenvalue weighted by molar-refractivity contribution is 7.99. The Morgan fingerprint density at radius 3 is 2.65 bits per heavy atom. The van der Waals surface area contributed by atoms with Gasteiger partial charge >= 0.3 is 0 Å². The van der Waals surface area contributed by atoms with E-state index >= 15 is 0 Å². The molecule has 0 bridgehead atoms. The summed E-state index contributed by atoms with van der Waals surface area (Å²) in [7, 11) is 0. The molecule has 2 aliphatic carbocycles. The average Bonchev–Trinajstić information content (AvgIpc) is 2.97. The van der Waals surface area contributed by atoms with E-state index in [0.717, 1.165) is 6.42 Å². The van der Waals surface area contributed by atoms with E-state index < -0.39 is 0 Å². The summed E-state index contributed by atoms with van der Waals surface area (Å²) in [5, 5.41) is 7.18. The molecule has 2 rings (SSSR count). The van der Waals surface area contributed by atoms with Gasteiger partial charge in [0.15, 0.2) is 0 Å². The van der Waals surface area contributed by atoms with Crippen molar-refractivity contribution in [3.63, 3.8) is 0 Å². The maximum atomic E-state index is 11.8. The fraction of sp³-hybridized carbons (Fsp3) is 0.923. The van der Waals surface area contributed by atoms with Crippen LogP contribution in [0.25, 0.3) is 0 Å². The third kappa shape index (κ3) is 3.88. The van der Waals surface area contributed by atoms with Crippen molar-refractivity contribution in [1.29, 1.82) is 0 Å². The minimum absolute atomic E-state index is 0.183. The third-order valence-electron chi connectivity index (χ3n) is 4.01. The van der Waals surface area contributed by atoms with Gasteiger partial charge in [-0.15, -0.1) is 0 Å². The Balaban J connectivity index is 1.65. The second-order valence-corrected chi connectivity index (χ2v) is 6.32. The topological polar surface area (TPSA) is 41.1 Å². The second kappa shape index (κ2) is 6.64. The Morgan fingerprint density at radius 2 is 1.94 bits per heavy atom. The first-order valence-corrected chi connectivity index (χ1v) is 8.14. The summed E-state index contributed by atoms with van der Waals surface area (Å²) in [6.45, 7) is 0.502. The van der Waals surface area contributed by atoms with Crippen LogP contribution < -0.4 is 10.6 Å². The van der Waals surface area contributed by atoms with Gasteiger partial charge in [-0.3, -0.25) is 4.79 Å². The lowest BCUT2D eigenvalue weighted by Gasteiger charge is -2.20. The van der Waals surface area contributed by atoms with Crippen LogP contribution in [-0.4, -0.2) is 36.0 Å². The standard InChI is InChI=1S/C13H24N2OS/c1-17-12-8-4-7-11(12)15-13(16)9-14-10-5-2-3-6-10/h10-12,14H,2-9H2,1H3,(H,15,16). The molecule has 0 aromatic carbocycles. The summed E-state index contributed by atoms with van der Waals surface area (Å²) in [5.74, 6) is 0.183. The zero-order valence-electron chi connectivity index (χ0n) is 10.7. The maximum absolute atomic E-state index is 11.8. The van der Waals surface area contributed by atoms with Crippen LogP contribution in [-0.2, 0) is 4.79 Å². The van der Waals surface area contributed by atoms with Gasteiger partial charge in [-0.1, -0.05) is 19.3 Å². The maximum Gasteiger partial charge on any atom is 0.234 e. The van der Waals surface area contributed by atoms with Crippen molar-refractivity contribution in [3.8, 4) is 0 Å². The molecule has 2 unspecified atom stereocenters. The van der Waals surface area contributed by atoms with E-state index in [0.29, 0.717) is 23.9 Å². The molecule has 0 heterocycles. The molecule has 4 heteroatoms. The van der Waals surface area contributed by atoms with Crippen LogP contribution in [0.5, 0.6) is 0 Å². The van der Waals surface area contributed by atoms with Crippen molar-refractivity contribution in [1.82, 2.24) is 10.6 Å². The molecule has 0 saturated heterocycles. The van der Waals surface area contributed by atoms with Crippen LogP contribution in [0.4, 0.5) is 0 Å². The van der Waals surface area contributed by atoms with Gasteiger partial charge in [-0.2, -0.15) is 11.8 Å². The number of carbonyl (C=O) groups excluding carboxylic acids is 1. The molecular formula is C13H24N2OS. The first-order chi connectivity index (χ1) is 8.29. The fourth-order valence-corrected chi connectivity index (χ4v) is 3.93. The summed E-state index contributed by atoms with van der Waals surface area (Å²) >= 11 is 1.89. The number of carbonyl (C=O) groups is 1. The summed E-state index contributed by atoms with van der Waals surface area (Å²) < 4.78 is 0. The zero-order valence-corrected chi connectivity index (χ0v) is 11.5. The molecule has 2 atom stereocenters. The average molecular weight is 256 g/mol. The molecule has 2 fully saturated rings. The highest BCUT2D eigenvalue weighted by atomic mass is 32.2. The summed E-state index contributed by atoms with van der Waals surface area (Å²) in [5.41, 5.74) is 0. The van der Waals surface area contributed by atoms with Gasteiger partial charge in [0.1, 0.15) is 0 Å². The van der Waals surface area contributed by atoms with E-state index in [1.807, 2.05) is 11.8 Å². The first-order valence-electron chi connectivity index (χ1n) is 6.85. The lowest BCUT2D eigenvalue weighted by atomic mass is 10.2. The quantitative estimate of drug-likeness (QED) is 0.789. The van der Waals surface area contributed by atoms with Gasteiger partial charge in [-0.05, 0) is 31.9 Å². The number of rotatable bonds is 5. The van der Waals surface area contributed by atoms with Gasteiger partial charge in [0.05, 0.1) is 6.54 Å². The minimum atomic E-state index is 0.183. The molecular weight excluding hydrogens is 232 g/mol. The monoisotopic (exact) mass is 256 g/mol. The predicted molar refractivity (Wildman–Crippen MR) is 73.3 cm³/mol. The van der Waals surface area contributed by atoms with E-state index in [2.05, 4.69) is 16.9 Å². The Kier molecular flexibility index (Phi) is 5.16. The van der Waals surface area contributed by atoms with Gasteiger partial charge in [0.2, 0.25) is 5.91 Å². The van der Waals surface area contributed by atoms with Crippen molar-refractivity contribution >= 4 is 17.7 Å². The molecule has 0 spiro atoms. The largest absolute Gasteiger partial charge is 0.351 e. The van der Waals surface area contributed by atoms with Gasteiger partial charge in [0.25, 0.3) is 0 Å². The number of hydrogen-bond acceptors (Lipinski definition) is 3. The second-order valence-electron chi connectivity index (χ2n) is 5.24. The number of nitrogens with one attached hydrogen (secondary N) is 2. The van der Waals surface area contributed by atoms with Crippen LogP contribution in [0.1, 0.15) is 44.9 Å². The van der Waals surface area contributed by atoms with E-state index in [1.54, 1.807) is 0 Å². The first kappa shape index (κ1) is 13.2. The normalized spacial score (nSPS) is 29.7. The van der Waals surface area contributed by atoms with Crippen LogP contribution in [0, 0.1) is 0 Å².